The first-order valence-electron chi connectivity index (χ1n) is 6.50. The van der Waals surface area contributed by atoms with E-state index in [4.69, 9.17) is 4.84 Å². The third-order valence-electron chi connectivity index (χ3n) is 2.66. The Labute approximate surface area is 140 Å². The van der Waals surface area contributed by atoms with Crippen LogP contribution in [0.25, 0.3) is 0 Å². The molecule has 2 aromatic carbocycles. The van der Waals surface area contributed by atoms with Gasteiger partial charge in [0.2, 0.25) is 0 Å². The van der Waals surface area contributed by atoms with Crippen LogP contribution in [-0.2, 0) is 9.63 Å². The van der Waals surface area contributed by atoms with E-state index in [0.717, 1.165) is 4.47 Å². The lowest BCUT2D eigenvalue weighted by Gasteiger charge is -2.04. The number of nitro groups is 1. The van der Waals surface area contributed by atoms with Crippen LogP contribution in [0.2, 0.25) is 0 Å². The van der Waals surface area contributed by atoms with E-state index in [-0.39, 0.29) is 18.2 Å². The van der Waals surface area contributed by atoms with Gasteiger partial charge in [0.15, 0.2) is 6.61 Å². The number of oxime groups is 1. The molecule has 8 heteroatoms. The molecule has 1 amide bonds. The SMILES string of the molecule is O=C(CO/N=C\c1cccc([N+](=O)[O-])c1)Nc1cccc(Br)c1. The summed E-state index contributed by atoms with van der Waals surface area (Å²) in [6.07, 6.45) is 1.30. The van der Waals surface area contributed by atoms with Gasteiger partial charge in [0.1, 0.15) is 0 Å². The number of carbonyl (C=O) groups excluding carboxylic acids is 1. The molecule has 23 heavy (non-hydrogen) atoms. The summed E-state index contributed by atoms with van der Waals surface area (Å²) >= 11 is 3.30. The van der Waals surface area contributed by atoms with Gasteiger partial charge in [-0.15, -0.1) is 0 Å². The van der Waals surface area contributed by atoms with E-state index in [9.17, 15) is 14.9 Å². The smallest absolute Gasteiger partial charge is 0.270 e. The molecule has 118 valence electrons. The van der Waals surface area contributed by atoms with Gasteiger partial charge in [-0.2, -0.15) is 0 Å². The van der Waals surface area contributed by atoms with Gasteiger partial charge in [0.05, 0.1) is 11.1 Å². The zero-order valence-corrected chi connectivity index (χ0v) is 13.4. The van der Waals surface area contributed by atoms with Gasteiger partial charge in [-0.1, -0.05) is 39.3 Å². The summed E-state index contributed by atoms with van der Waals surface area (Å²) in [5, 5.41) is 16.9. The van der Waals surface area contributed by atoms with E-state index in [1.165, 1.54) is 18.3 Å². The number of carbonyl (C=O) groups is 1. The van der Waals surface area contributed by atoms with Crippen LogP contribution in [0.15, 0.2) is 58.2 Å². The lowest BCUT2D eigenvalue weighted by Crippen LogP contribution is -2.16. The molecule has 0 aliphatic carbocycles. The van der Waals surface area contributed by atoms with Gasteiger partial charge >= 0.3 is 0 Å². The highest BCUT2D eigenvalue weighted by Gasteiger charge is 2.05. The number of nitrogens with one attached hydrogen (secondary N) is 1. The summed E-state index contributed by atoms with van der Waals surface area (Å²) in [7, 11) is 0. The molecule has 0 saturated heterocycles. The van der Waals surface area contributed by atoms with Crippen molar-refractivity contribution in [2.24, 2.45) is 5.16 Å². The van der Waals surface area contributed by atoms with E-state index in [2.05, 4.69) is 26.4 Å². The number of hydrogen-bond acceptors (Lipinski definition) is 5. The fourth-order valence-corrected chi connectivity index (χ4v) is 2.08. The second-order valence-corrected chi connectivity index (χ2v) is 5.33. The standard InChI is InChI=1S/C15H12BrN3O4/c16-12-4-2-5-13(8-12)18-15(20)10-23-17-9-11-3-1-6-14(7-11)19(21)22/h1-9H,10H2,(H,18,20)/b17-9-. The number of rotatable bonds is 6. The van der Waals surface area contributed by atoms with Crippen molar-refractivity contribution >= 4 is 39.4 Å². The minimum absolute atomic E-state index is 0.0404. The molecular formula is C15H12BrN3O4. The fourth-order valence-electron chi connectivity index (χ4n) is 1.68. The lowest BCUT2D eigenvalue weighted by molar-refractivity contribution is -0.384. The van der Waals surface area contributed by atoms with Gasteiger partial charge in [-0.05, 0) is 18.2 Å². The largest absolute Gasteiger partial charge is 0.386 e. The molecule has 0 fully saturated rings. The van der Waals surface area contributed by atoms with E-state index in [0.29, 0.717) is 11.3 Å². The average molecular weight is 378 g/mol. The van der Waals surface area contributed by atoms with Crippen molar-refractivity contribution in [3.8, 4) is 0 Å². The zero-order valence-electron chi connectivity index (χ0n) is 11.8. The number of halogens is 1. The van der Waals surface area contributed by atoms with Gasteiger partial charge < -0.3 is 10.2 Å². The molecule has 2 rings (SSSR count). The molecule has 0 aromatic heterocycles. The maximum Gasteiger partial charge on any atom is 0.270 e. The summed E-state index contributed by atoms with van der Waals surface area (Å²) in [6.45, 7) is -0.266. The second kappa shape index (κ2) is 8.04. The molecule has 1 N–H and O–H groups in total. The van der Waals surface area contributed by atoms with Crippen molar-refractivity contribution in [2.45, 2.75) is 0 Å². The number of hydrogen-bond donors (Lipinski definition) is 1. The first-order chi connectivity index (χ1) is 11.0. The summed E-state index contributed by atoms with van der Waals surface area (Å²) in [5.41, 5.74) is 1.10. The molecule has 0 radical (unpaired) electrons. The Bertz CT molecular complexity index is 749. The highest BCUT2D eigenvalue weighted by Crippen LogP contribution is 2.15. The molecule has 0 spiro atoms. The highest BCUT2D eigenvalue weighted by atomic mass is 79.9. The Morgan fingerprint density at radius 2 is 2.09 bits per heavy atom. The summed E-state index contributed by atoms with van der Waals surface area (Å²) < 4.78 is 0.847. The molecule has 0 aliphatic heterocycles. The van der Waals surface area contributed by atoms with Crippen LogP contribution in [0.4, 0.5) is 11.4 Å². The van der Waals surface area contributed by atoms with Crippen LogP contribution in [0.5, 0.6) is 0 Å². The fraction of sp³-hybridized carbons (Fsp3) is 0.0667. The van der Waals surface area contributed by atoms with E-state index < -0.39 is 4.92 Å². The monoisotopic (exact) mass is 377 g/mol. The number of non-ortho nitro benzene ring substituents is 1. The predicted molar refractivity (Wildman–Crippen MR) is 89.4 cm³/mol. The summed E-state index contributed by atoms with van der Waals surface area (Å²) in [4.78, 5) is 26.7. The van der Waals surface area contributed by atoms with Crippen molar-refractivity contribution < 1.29 is 14.6 Å². The topological polar surface area (TPSA) is 93.8 Å². The molecule has 0 aliphatic rings. The maximum absolute atomic E-state index is 11.7. The normalized spacial score (nSPS) is 10.5. The van der Waals surface area contributed by atoms with Crippen molar-refractivity contribution in [1.82, 2.24) is 0 Å². The van der Waals surface area contributed by atoms with Gasteiger partial charge in [-0.3, -0.25) is 14.9 Å². The minimum Gasteiger partial charge on any atom is -0.386 e. The van der Waals surface area contributed by atoms with Crippen molar-refractivity contribution in [1.29, 1.82) is 0 Å². The van der Waals surface area contributed by atoms with Crippen LogP contribution in [0.3, 0.4) is 0 Å². The Hall–Kier alpha value is -2.74. The van der Waals surface area contributed by atoms with Crippen molar-refractivity contribution in [2.75, 3.05) is 11.9 Å². The molecule has 0 atom stereocenters. The molecule has 0 heterocycles. The summed E-state index contributed by atoms with van der Waals surface area (Å²) in [6, 6.07) is 13.1. The number of anilines is 1. The number of benzene rings is 2. The van der Waals surface area contributed by atoms with E-state index in [1.807, 2.05) is 6.07 Å². The van der Waals surface area contributed by atoms with Crippen molar-refractivity contribution in [3.63, 3.8) is 0 Å². The summed E-state index contributed by atoms with van der Waals surface area (Å²) in [5.74, 6) is -0.362. The van der Waals surface area contributed by atoms with Gasteiger partial charge in [0.25, 0.3) is 11.6 Å². The quantitative estimate of drug-likeness (QED) is 0.474. The molecule has 0 unspecified atom stereocenters. The highest BCUT2D eigenvalue weighted by molar-refractivity contribution is 9.10. The third-order valence-corrected chi connectivity index (χ3v) is 3.15. The van der Waals surface area contributed by atoms with Crippen LogP contribution in [0, 0.1) is 10.1 Å². The number of amides is 1. The van der Waals surface area contributed by atoms with Crippen LogP contribution in [-0.4, -0.2) is 23.7 Å². The van der Waals surface area contributed by atoms with E-state index in [1.54, 1.807) is 30.3 Å². The molecule has 2 aromatic rings. The van der Waals surface area contributed by atoms with Gasteiger partial charge in [0, 0.05) is 27.9 Å². The Balaban J connectivity index is 1.83. The van der Waals surface area contributed by atoms with Crippen LogP contribution < -0.4 is 5.32 Å². The Kier molecular flexibility index (Phi) is 5.81. The predicted octanol–water partition coefficient (Wildman–Crippen LogP) is 3.35. The number of nitro benzene ring substituents is 1. The number of nitrogens with zero attached hydrogens (tertiary/aromatic N) is 2. The molecule has 7 nitrogen and oxygen atoms in total. The second-order valence-electron chi connectivity index (χ2n) is 4.42. The lowest BCUT2D eigenvalue weighted by atomic mass is 10.2. The van der Waals surface area contributed by atoms with Crippen molar-refractivity contribution in [3.05, 3.63) is 68.7 Å². The molecular weight excluding hydrogens is 366 g/mol. The first-order valence-corrected chi connectivity index (χ1v) is 7.29. The van der Waals surface area contributed by atoms with E-state index >= 15 is 0 Å². The Morgan fingerprint density at radius 1 is 1.30 bits per heavy atom. The Morgan fingerprint density at radius 3 is 2.83 bits per heavy atom. The zero-order chi connectivity index (χ0) is 16.7. The molecule has 0 saturated carbocycles. The van der Waals surface area contributed by atoms with Crippen LogP contribution >= 0.6 is 15.9 Å². The average Bonchev–Trinajstić information content (AvgIpc) is 2.52. The van der Waals surface area contributed by atoms with Gasteiger partial charge in [-0.25, -0.2) is 0 Å². The first kappa shape index (κ1) is 16.6. The molecule has 0 bridgehead atoms. The third kappa shape index (κ3) is 5.51. The van der Waals surface area contributed by atoms with Crippen LogP contribution in [0.1, 0.15) is 5.56 Å². The maximum atomic E-state index is 11.7. The minimum atomic E-state index is -0.496.